The molecule has 3 aromatic rings. The minimum Gasteiger partial charge on any atom is -0.421 e. The van der Waals surface area contributed by atoms with Crippen LogP contribution in [0.25, 0.3) is 11.1 Å². The van der Waals surface area contributed by atoms with Gasteiger partial charge >= 0.3 is 6.01 Å². The first-order valence-corrected chi connectivity index (χ1v) is 11.2. The Morgan fingerprint density at radius 2 is 1.94 bits per heavy atom. The second kappa shape index (κ2) is 7.91. The zero-order valence-corrected chi connectivity index (χ0v) is 19.3. The van der Waals surface area contributed by atoms with Crippen LogP contribution in [0.2, 0.25) is 0 Å². The summed E-state index contributed by atoms with van der Waals surface area (Å²) >= 11 is 0. The molecule has 9 heteroatoms. The SMILES string of the molecule is CNc1cc(F)cc2c1Cc1nc(Oc3cnc(C(C)(C)C)nc3)nc(N3CC[C@@H](N)C3)c1-2. The van der Waals surface area contributed by atoms with Gasteiger partial charge in [0.05, 0.1) is 18.1 Å². The third kappa shape index (κ3) is 3.97. The fourth-order valence-electron chi connectivity index (χ4n) is 4.43. The number of aromatic nitrogens is 4. The van der Waals surface area contributed by atoms with E-state index < -0.39 is 0 Å². The lowest BCUT2D eigenvalue weighted by molar-refractivity contribution is 0.432. The molecule has 1 fully saturated rings. The minimum absolute atomic E-state index is 0.0691. The van der Waals surface area contributed by atoms with Crippen molar-refractivity contribution in [1.82, 2.24) is 19.9 Å². The number of rotatable bonds is 4. The van der Waals surface area contributed by atoms with E-state index in [1.165, 1.54) is 6.07 Å². The van der Waals surface area contributed by atoms with Gasteiger partial charge < -0.3 is 20.7 Å². The molecule has 172 valence electrons. The van der Waals surface area contributed by atoms with E-state index in [-0.39, 0.29) is 23.3 Å². The van der Waals surface area contributed by atoms with Gasteiger partial charge in [0, 0.05) is 49.3 Å². The van der Waals surface area contributed by atoms with Crippen molar-refractivity contribution in [1.29, 1.82) is 0 Å². The molecule has 0 spiro atoms. The lowest BCUT2D eigenvalue weighted by atomic mass is 9.96. The van der Waals surface area contributed by atoms with Crippen LogP contribution in [0.15, 0.2) is 24.5 Å². The highest BCUT2D eigenvalue weighted by molar-refractivity contribution is 5.88. The summed E-state index contributed by atoms with van der Waals surface area (Å²) in [6.07, 6.45) is 4.71. The van der Waals surface area contributed by atoms with Gasteiger partial charge in [-0.2, -0.15) is 9.97 Å². The smallest absolute Gasteiger partial charge is 0.324 e. The zero-order chi connectivity index (χ0) is 23.3. The number of anilines is 2. The van der Waals surface area contributed by atoms with E-state index >= 15 is 0 Å². The lowest BCUT2D eigenvalue weighted by Crippen LogP contribution is -2.27. The molecule has 1 aliphatic heterocycles. The highest BCUT2D eigenvalue weighted by Gasteiger charge is 2.32. The normalized spacial score (nSPS) is 17.2. The summed E-state index contributed by atoms with van der Waals surface area (Å²) in [4.78, 5) is 20.4. The number of benzene rings is 1. The van der Waals surface area contributed by atoms with Crippen LogP contribution in [0.1, 0.15) is 44.3 Å². The van der Waals surface area contributed by atoms with Gasteiger partial charge in [-0.1, -0.05) is 20.8 Å². The average Bonchev–Trinajstić information content (AvgIpc) is 3.36. The summed E-state index contributed by atoms with van der Waals surface area (Å²) in [7, 11) is 1.79. The molecule has 3 heterocycles. The topological polar surface area (TPSA) is 102 Å². The van der Waals surface area contributed by atoms with Gasteiger partial charge in [0.15, 0.2) is 5.75 Å². The van der Waals surface area contributed by atoms with Gasteiger partial charge in [0.2, 0.25) is 0 Å². The van der Waals surface area contributed by atoms with Crippen LogP contribution in [-0.4, -0.2) is 46.1 Å². The number of nitrogens with zero attached hydrogens (tertiary/aromatic N) is 5. The molecular formula is C24H28FN7O. The Kier molecular flexibility index (Phi) is 5.16. The first kappa shape index (κ1) is 21.5. The van der Waals surface area contributed by atoms with Crippen molar-refractivity contribution in [3.63, 3.8) is 0 Å². The fraction of sp³-hybridized carbons (Fsp3) is 0.417. The second-order valence-corrected chi connectivity index (χ2v) is 9.65. The molecule has 0 unspecified atom stereocenters. The van der Waals surface area contributed by atoms with E-state index in [9.17, 15) is 4.39 Å². The van der Waals surface area contributed by atoms with E-state index in [2.05, 4.69) is 41.0 Å². The second-order valence-electron chi connectivity index (χ2n) is 9.65. The summed E-state index contributed by atoms with van der Waals surface area (Å²) in [6.45, 7) is 7.62. The van der Waals surface area contributed by atoms with Crippen molar-refractivity contribution < 1.29 is 9.13 Å². The molecule has 3 N–H and O–H groups in total. The van der Waals surface area contributed by atoms with Gasteiger partial charge in [0.1, 0.15) is 17.5 Å². The standard InChI is InChI=1S/C24H28FN7O/c1-24(2,3)22-28-10-15(11-29-22)33-23-30-19-9-16-17(7-13(25)8-18(16)27-4)20(19)21(31-23)32-6-5-14(26)12-32/h7-8,10-11,14,27H,5-6,9,12,26H2,1-4H3/t14-/m1/s1. The van der Waals surface area contributed by atoms with Crippen molar-refractivity contribution in [3.8, 4) is 22.9 Å². The quantitative estimate of drug-likeness (QED) is 0.487. The Balaban J connectivity index is 1.57. The number of nitrogens with two attached hydrogens (primary N) is 1. The predicted octanol–water partition coefficient (Wildman–Crippen LogP) is 3.65. The van der Waals surface area contributed by atoms with E-state index in [1.54, 1.807) is 25.5 Å². The number of halogens is 1. The summed E-state index contributed by atoms with van der Waals surface area (Å²) in [5, 5.41) is 3.10. The highest BCUT2D eigenvalue weighted by atomic mass is 19.1. The molecule has 5 rings (SSSR count). The maximum absolute atomic E-state index is 14.4. The summed E-state index contributed by atoms with van der Waals surface area (Å²) in [5.74, 6) is 1.62. The first-order valence-electron chi connectivity index (χ1n) is 11.2. The summed E-state index contributed by atoms with van der Waals surface area (Å²) < 4.78 is 20.4. The van der Waals surface area contributed by atoms with Crippen LogP contribution in [-0.2, 0) is 11.8 Å². The van der Waals surface area contributed by atoms with Crippen LogP contribution in [0.4, 0.5) is 15.9 Å². The maximum atomic E-state index is 14.4. The maximum Gasteiger partial charge on any atom is 0.324 e. The Bertz CT molecular complexity index is 1210. The predicted molar refractivity (Wildman–Crippen MR) is 125 cm³/mol. The summed E-state index contributed by atoms with van der Waals surface area (Å²) in [6, 6.07) is 3.36. The lowest BCUT2D eigenvalue weighted by Gasteiger charge is -2.21. The molecule has 0 radical (unpaired) electrons. The van der Waals surface area contributed by atoms with Gasteiger partial charge in [-0.05, 0) is 29.7 Å². The Labute approximate surface area is 192 Å². The minimum atomic E-state index is -0.300. The van der Waals surface area contributed by atoms with Gasteiger partial charge in [0.25, 0.3) is 0 Å². The summed E-state index contributed by atoms with van der Waals surface area (Å²) in [5.41, 5.74) is 10.2. The van der Waals surface area contributed by atoms with Gasteiger partial charge in [-0.15, -0.1) is 0 Å². The molecular weight excluding hydrogens is 421 g/mol. The molecule has 2 aromatic heterocycles. The largest absolute Gasteiger partial charge is 0.421 e. The van der Waals surface area contributed by atoms with Crippen LogP contribution < -0.4 is 20.7 Å². The average molecular weight is 450 g/mol. The number of nitrogens with one attached hydrogen (secondary N) is 1. The zero-order valence-electron chi connectivity index (χ0n) is 19.3. The van der Waals surface area contributed by atoms with Crippen LogP contribution in [0.5, 0.6) is 11.8 Å². The molecule has 1 atom stereocenters. The van der Waals surface area contributed by atoms with Crippen molar-refractivity contribution in [2.24, 2.45) is 5.73 Å². The van der Waals surface area contributed by atoms with E-state index in [0.717, 1.165) is 52.7 Å². The number of ether oxygens (including phenoxy) is 1. The van der Waals surface area contributed by atoms with Gasteiger partial charge in [-0.25, -0.2) is 14.4 Å². The molecule has 1 saturated heterocycles. The third-order valence-electron chi connectivity index (χ3n) is 6.07. The van der Waals surface area contributed by atoms with E-state index in [1.807, 2.05) is 0 Å². The fourth-order valence-corrected chi connectivity index (χ4v) is 4.43. The molecule has 8 nitrogen and oxygen atoms in total. The van der Waals surface area contributed by atoms with E-state index in [0.29, 0.717) is 18.7 Å². The van der Waals surface area contributed by atoms with Crippen LogP contribution in [0.3, 0.4) is 0 Å². The van der Waals surface area contributed by atoms with Crippen molar-refractivity contribution in [2.45, 2.75) is 45.1 Å². The third-order valence-corrected chi connectivity index (χ3v) is 6.07. The first-order chi connectivity index (χ1) is 15.7. The molecule has 33 heavy (non-hydrogen) atoms. The van der Waals surface area contributed by atoms with Crippen LogP contribution >= 0.6 is 0 Å². The van der Waals surface area contributed by atoms with Crippen LogP contribution in [0, 0.1) is 5.82 Å². The Morgan fingerprint density at radius 1 is 1.18 bits per heavy atom. The Morgan fingerprint density at radius 3 is 2.58 bits per heavy atom. The Hall–Kier alpha value is -3.33. The van der Waals surface area contributed by atoms with Gasteiger partial charge in [-0.3, -0.25) is 0 Å². The highest BCUT2D eigenvalue weighted by Crippen LogP contribution is 2.45. The monoisotopic (exact) mass is 449 g/mol. The molecule has 0 saturated carbocycles. The molecule has 1 aliphatic carbocycles. The molecule has 1 aromatic carbocycles. The molecule has 0 amide bonds. The van der Waals surface area contributed by atoms with Crippen molar-refractivity contribution >= 4 is 11.5 Å². The number of hydrogen-bond acceptors (Lipinski definition) is 8. The number of hydrogen-bond donors (Lipinski definition) is 2. The van der Waals surface area contributed by atoms with Crippen molar-refractivity contribution in [3.05, 3.63) is 47.4 Å². The molecule has 2 aliphatic rings. The van der Waals surface area contributed by atoms with Crippen molar-refractivity contribution in [2.75, 3.05) is 30.4 Å². The van der Waals surface area contributed by atoms with E-state index in [4.69, 9.17) is 20.4 Å². The number of fused-ring (bicyclic) bond motifs is 3. The molecule has 0 bridgehead atoms.